The summed E-state index contributed by atoms with van der Waals surface area (Å²) < 4.78 is 19.0. The van der Waals surface area contributed by atoms with Gasteiger partial charge in [-0.1, -0.05) is 0 Å². The van der Waals surface area contributed by atoms with Gasteiger partial charge >= 0.3 is 0 Å². The predicted octanol–water partition coefficient (Wildman–Crippen LogP) is 4.37. The number of benzene rings is 1. The minimum atomic E-state index is -0.252. The molecule has 1 fully saturated rings. The summed E-state index contributed by atoms with van der Waals surface area (Å²) in [6.45, 7) is 5.76. The van der Waals surface area contributed by atoms with Crippen molar-refractivity contribution >= 4 is 33.5 Å². The molecule has 7 heteroatoms. The molecule has 150 valence electrons. The fourth-order valence-corrected chi connectivity index (χ4v) is 4.85. The number of anilines is 2. The van der Waals surface area contributed by atoms with Gasteiger partial charge in [0.2, 0.25) is 0 Å². The van der Waals surface area contributed by atoms with E-state index in [0.29, 0.717) is 6.04 Å². The Bertz CT molecular complexity index is 881. The summed E-state index contributed by atoms with van der Waals surface area (Å²) in [4.78, 5) is 11.0. The molecule has 2 aliphatic rings. The number of methoxy groups -OCH3 is 1. The van der Waals surface area contributed by atoms with E-state index in [1.807, 2.05) is 0 Å². The van der Waals surface area contributed by atoms with E-state index in [1.165, 1.54) is 17.0 Å². The molecular weight excluding hydrogens is 375 g/mol. The summed E-state index contributed by atoms with van der Waals surface area (Å²) in [5.41, 5.74) is 2.62. The Morgan fingerprint density at radius 3 is 3.00 bits per heavy atom. The van der Waals surface area contributed by atoms with Crippen molar-refractivity contribution in [2.45, 2.75) is 25.8 Å². The number of hydrogen-bond donors (Lipinski definition) is 1. The second-order valence-electron chi connectivity index (χ2n) is 7.54. The number of thiophene rings is 1. The van der Waals surface area contributed by atoms with Gasteiger partial charge in [-0.2, -0.15) is 0 Å². The van der Waals surface area contributed by atoms with Crippen LogP contribution in [-0.2, 0) is 4.74 Å². The number of amidine groups is 1. The number of likely N-dealkylation sites (N-methyl/N-ethyl adjacent to an activating group) is 1. The summed E-state index contributed by atoms with van der Waals surface area (Å²) in [6, 6.07) is 7.42. The van der Waals surface area contributed by atoms with E-state index in [4.69, 9.17) is 9.73 Å². The number of nitrogens with zero attached hydrogens (tertiary/aromatic N) is 3. The van der Waals surface area contributed by atoms with Gasteiger partial charge in [0.05, 0.1) is 16.9 Å². The normalized spacial score (nSPS) is 19.5. The van der Waals surface area contributed by atoms with Crippen LogP contribution in [0.4, 0.5) is 20.8 Å². The molecule has 2 aromatic rings. The number of fused-ring (bicyclic) bond motifs is 2. The minimum absolute atomic E-state index is 0.252. The van der Waals surface area contributed by atoms with Crippen LogP contribution >= 0.6 is 11.3 Å². The first-order valence-corrected chi connectivity index (χ1v) is 10.6. The topological polar surface area (TPSA) is 40.1 Å². The Hall–Kier alpha value is -1.96. The standard InChI is InChI=1S/C21H27FN4OS/c1-14-11-17-20(26-9-8-25(2)16(13-26)5-4-10-27-3)23-18-7-6-15(22)12-19(18)24-21(17)28-14/h6-7,11-12,16,24H,4-5,8-10,13H2,1-3H3. The zero-order valence-electron chi connectivity index (χ0n) is 16.7. The number of aliphatic imine (C=N–C) groups is 1. The first-order valence-electron chi connectivity index (χ1n) is 9.75. The molecule has 2 aliphatic heterocycles. The first kappa shape index (κ1) is 19.4. The third-order valence-corrected chi connectivity index (χ3v) is 6.46. The lowest BCUT2D eigenvalue weighted by Crippen LogP contribution is -2.53. The van der Waals surface area contributed by atoms with E-state index in [9.17, 15) is 4.39 Å². The second-order valence-corrected chi connectivity index (χ2v) is 8.79. The Morgan fingerprint density at radius 2 is 2.18 bits per heavy atom. The molecular formula is C21H27FN4OS. The lowest BCUT2D eigenvalue weighted by Gasteiger charge is -2.41. The van der Waals surface area contributed by atoms with Crippen molar-refractivity contribution in [1.29, 1.82) is 0 Å². The molecule has 1 N–H and O–H groups in total. The molecule has 1 atom stereocenters. The number of halogens is 1. The highest BCUT2D eigenvalue weighted by atomic mass is 32.1. The zero-order valence-corrected chi connectivity index (χ0v) is 17.5. The van der Waals surface area contributed by atoms with E-state index in [0.717, 1.165) is 66.9 Å². The van der Waals surface area contributed by atoms with Crippen LogP contribution in [0.15, 0.2) is 29.3 Å². The third-order valence-electron chi connectivity index (χ3n) is 5.49. The summed E-state index contributed by atoms with van der Waals surface area (Å²) in [7, 11) is 3.95. The molecule has 1 aromatic heterocycles. The van der Waals surface area contributed by atoms with Crippen molar-refractivity contribution in [2.75, 3.05) is 45.7 Å². The van der Waals surface area contributed by atoms with E-state index in [2.05, 4.69) is 35.2 Å². The number of ether oxygens (including phenoxy) is 1. The van der Waals surface area contributed by atoms with Gasteiger partial charge in [0.15, 0.2) is 0 Å². The summed E-state index contributed by atoms with van der Waals surface area (Å²) >= 11 is 1.69. The van der Waals surface area contributed by atoms with Crippen molar-refractivity contribution < 1.29 is 9.13 Å². The molecule has 0 amide bonds. The molecule has 3 heterocycles. The Labute approximate surface area is 169 Å². The fraction of sp³-hybridized carbons (Fsp3) is 0.476. The van der Waals surface area contributed by atoms with E-state index < -0.39 is 0 Å². The third kappa shape index (κ3) is 3.92. The first-order chi connectivity index (χ1) is 13.5. The number of rotatable bonds is 4. The molecule has 0 bridgehead atoms. The van der Waals surface area contributed by atoms with Crippen LogP contribution in [0.5, 0.6) is 0 Å². The van der Waals surface area contributed by atoms with Crippen LogP contribution in [0, 0.1) is 12.7 Å². The molecule has 0 saturated carbocycles. The summed E-state index contributed by atoms with van der Waals surface area (Å²) in [5, 5.41) is 4.44. The minimum Gasteiger partial charge on any atom is -0.385 e. The van der Waals surface area contributed by atoms with E-state index in [1.54, 1.807) is 24.5 Å². The van der Waals surface area contributed by atoms with Crippen LogP contribution in [0.3, 0.4) is 0 Å². The van der Waals surface area contributed by atoms with Gasteiger partial charge in [-0.05, 0) is 51.1 Å². The molecule has 0 radical (unpaired) electrons. The van der Waals surface area contributed by atoms with Gasteiger partial charge in [0.1, 0.15) is 16.7 Å². The van der Waals surface area contributed by atoms with Gasteiger partial charge in [-0.3, -0.25) is 4.90 Å². The van der Waals surface area contributed by atoms with Crippen LogP contribution in [0.2, 0.25) is 0 Å². The Kier molecular flexibility index (Phi) is 5.66. The number of piperazine rings is 1. The quantitative estimate of drug-likeness (QED) is 0.771. The van der Waals surface area contributed by atoms with E-state index in [-0.39, 0.29) is 5.82 Å². The maximum atomic E-state index is 13.8. The Balaban J connectivity index is 1.67. The van der Waals surface area contributed by atoms with Crippen molar-refractivity contribution in [2.24, 2.45) is 4.99 Å². The van der Waals surface area contributed by atoms with Gasteiger partial charge < -0.3 is 15.0 Å². The lowest BCUT2D eigenvalue weighted by molar-refractivity contribution is 0.119. The summed E-state index contributed by atoms with van der Waals surface area (Å²) in [5.74, 6) is 0.736. The average molecular weight is 403 g/mol. The highest BCUT2D eigenvalue weighted by Gasteiger charge is 2.29. The molecule has 0 spiro atoms. The van der Waals surface area contributed by atoms with Crippen molar-refractivity contribution in [3.05, 3.63) is 40.5 Å². The monoisotopic (exact) mass is 402 g/mol. The lowest BCUT2D eigenvalue weighted by atomic mass is 10.1. The largest absolute Gasteiger partial charge is 0.385 e. The van der Waals surface area contributed by atoms with Crippen molar-refractivity contribution in [3.8, 4) is 0 Å². The smallest absolute Gasteiger partial charge is 0.139 e. The van der Waals surface area contributed by atoms with E-state index >= 15 is 0 Å². The van der Waals surface area contributed by atoms with Gasteiger partial charge in [-0.25, -0.2) is 9.38 Å². The van der Waals surface area contributed by atoms with Crippen LogP contribution in [0.1, 0.15) is 23.3 Å². The van der Waals surface area contributed by atoms with Crippen LogP contribution in [0.25, 0.3) is 0 Å². The van der Waals surface area contributed by atoms with Crippen LogP contribution < -0.4 is 5.32 Å². The molecule has 4 rings (SSSR count). The van der Waals surface area contributed by atoms with Crippen molar-refractivity contribution in [3.63, 3.8) is 0 Å². The number of nitrogens with one attached hydrogen (secondary N) is 1. The predicted molar refractivity (Wildman–Crippen MR) is 114 cm³/mol. The van der Waals surface area contributed by atoms with Gasteiger partial charge in [-0.15, -0.1) is 11.3 Å². The highest BCUT2D eigenvalue weighted by Crippen LogP contribution is 2.39. The fourth-order valence-electron chi connectivity index (χ4n) is 3.93. The van der Waals surface area contributed by atoms with Gasteiger partial charge in [0, 0.05) is 44.3 Å². The molecule has 1 saturated heterocycles. The molecule has 0 aliphatic carbocycles. The maximum Gasteiger partial charge on any atom is 0.139 e. The molecule has 1 aromatic carbocycles. The highest BCUT2D eigenvalue weighted by molar-refractivity contribution is 7.16. The number of hydrogen-bond acceptors (Lipinski definition) is 6. The maximum absolute atomic E-state index is 13.8. The zero-order chi connectivity index (χ0) is 19.7. The van der Waals surface area contributed by atoms with Crippen LogP contribution in [-0.4, -0.2) is 62.1 Å². The average Bonchev–Trinajstić information content (AvgIpc) is 2.96. The molecule has 1 unspecified atom stereocenters. The molecule has 28 heavy (non-hydrogen) atoms. The SMILES string of the molecule is COCCCC1CN(C2=Nc3ccc(F)cc3Nc3sc(C)cc32)CCN1C. The summed E-state index contributed by atoms with van der Waals surface area (Å²) in [6.07, 6.45) is 2.15. The van der Waals surface area contributed by atoms with Gasteiger partial charge in [0.25, 0.3) is 0 Å². The molecule has 5 nitrogen and oxygen atoms in total. The number of aryl methyl sites for hydroxylation is 1. The second kappa shape index (κ2) is 8.19. The van der Waals surface area contributed by atoms with Crippen molar-refractivity contribution in [1.82, 2.24) is 9.80 Å². The Morgan fingerprint density at radius 1 is 1.32 bits per heavy atom.